The summed E-state index contributed by atoms with van der Waals surface area (Å²) < 4.78 is 0. The molecule has 0 fully saturated rings. The second-order valence-electron chi connectivity index (χ2n) is 3.99. The van der Waals surface area contributed by atoms with Crippen LogP contribution in [0, 0.1) is 5.41 Å². The molecule has 1 aliphatic heterocycles. The molecule has 0 saturated carbocycles. The fourth-order valence-electron chi connectivity index (χ4n) is 1.70. The Labute approximate surface area is 110 Å². The van der Waals surface area contributed by atoms with Gasteiger partial charge in [0.15, 0.2) is 12.2 Å². The van der Waals surface area contributed by atoms with Gasteiger partial charge in [-0.25, -0.2) is 4.99 Å². The average Bonchev–Trinajstić information content (AvgIpc) is 2.34. The third-order valence-corrected chi connectivity index (χ3v) is 2.52. The molecule has 1 aromatic carbocycles. The van der Waals surface area contributed by atoms with Gasteiger partial charge in [0, 0.05) is 6.54 Å². The molecule has 1 atom stereocenters. The van der Waals surface area contributed by atoms with Crippen LogP contribution in [0.4, 0.5) is 0 Å². The quantitative estimate of drug-likeness (QED) is 0.339. The number of hydrogen-bond donors (Lipinski definition) is 5. The molecule has 0 aliphatic carbocycles. The molecule has 2 rings (SSSR count). The highest BCUT2D eigenvalue weighted by atomic mass is 15.5. The molecule has 1 aromatic rings. The molecule has 8 nitrogen and oxygen atoms in total. The lowest BCUT2D eigenvalue weighted by Gasteiger charge is -2.31. The lowest BCUT2D eigenvalue weighted by atomic mass is 10.2. The molecule has 0 bridgehead atoms. The molecule has 1 aliphatic rings. The second kappa shape index (κ2) is 5.36. The summed E-state index contributed by atoms with van der Waals surface area (Å²) in [5.41, 5.74) is 17.8. The van der Waals surface area contributed by atoms with Gasteiger partial charge >= 0.3 is 0 Å². The van der Waals surface area contributed by atoms with Gasteiger partial charge in [0.2, 0.25) is 11.9 Å². The van der Waals surface area contributed by atoms with Crippen LogP contribution >= 0.6 is 0 Å². The first kappa shape index (κ1) is 12.8. The maximum Gasteiger partial charge on any atom is 0.221 e. The fraction of sp³-hybridized carbons (Fsp3) is 0.182. The number of aliphatic imine (C=N–C) groups is 2. The van der Waals surface area contributed by atoms with E-state index < -0.39 is 6.29 Å². The predicted octanol–water partition coefficient (Wildman–Crippen LogP) is -1.10. The van der Waals surface area contributed by atoms with Crippen LogP contribution < -0.4 is 22.5 Å². The molecule has 8 N–H and O–H groups in total. The number of guanidine groups is 3. The molecule has 8 heteroatoms. The molecule has 1 unspecified atom stereocenters. The molecular weight excluding hydrogens is 244 g/mol. The van der Waals surface area contributed by atoms with Crippen LogP contribution in [0.2, 0.25) is 0 Å². The van der Waals surface area contributed by atoms with E-state index in [4.69, 9.17) is 22.6 Å². The van der Waals surface area contributed by atoms with E-state index in [0.717, 1.165) is 5.56 Å². The van der Waals surface area contributed by atoms with Crippen LogP contribution in [0.3, 0.4) is 0 Å². The molecule has 1 heterocycles. The summed E-state index contributed by atoms with van der Waals surface area (Å²) in [4.78, 5) is 9.66. The highest BCUT2D eigenvalue weighted by Gasteiger charge is 2.23. The van der Waals surface area contributed by atoms with Gasteiger partial charge in [-0.3, -0.25) is 16.5 Å². The van der Waals surface area contributed by atoms with E-state index in [-0.39, 0.29) is 11.9 Å². The summed E-state index contributed by atoms with van der Waals surface area (Å²) >= 11 is 0. The minimum absolute atomic E-state index is 0.0561. The highest BCUT2D eigenvalue weighted by molar-refractivity contribution is 6.03. The van der Waals surface area contributed by atoms with Crippen molar-refractivity contribution in [1.29, 1.82) is 5.41 Å². The van der Waals surface area contributed by atoms with Crippen LogP contribution in [0.5, 0.6) is 0 Å². The van der Waals surface area contributed by atoms with Gasteiger partial charge in [-0.2, -0.15) is 4.99 Å². The smallest absolute Gasteiger partial charge is 0.221 e. The molecule has 0 aromatic heterocycles. The Balaban J connectivity index is 2.21. The van der Waals surface area contributed by atoms with E-state index in [1.807, 2.05) is 30.3 Å². The van der Waals surface area contributed by atoms with Crippen LogP contribution in [0.25, 0.3) is 0 Å². The third-order valence-electron chi connectivity index (χ3n) is 2.52. The van der Waals surface area contributed by atoms with Crippen LogP contribution in [0.1, 0.15) is 5.56 Å². The van der Waals surface area contributed by atoms with Gasteiger partial charge in [0.25, 0.3) is 0 Å². The zero-order valence-electron chi connectivity index (χ0n) is 10.2. The Morgan fingerprint density at radius 1 is 1.37 bits per heavy atom. The van der Waals surface area contributed by atoms with Crippen molar-refractivity contribution in [3.8, 4) is 0 Å². The van der Waals surface area contributed by atoms with Crippen molar-refractivity contribution in [2.45, 2.75) is 12.8 Å². The maximum atomic E-state index is 7.27. The fourth-order valence-corrected chi connectivity index (χ4v) is 1.70. The topological polar surface area (TPSA) is 142 Å². The monoisotopic (exact) mass is 260 g/mol. The van der Waals surface area contributed by atoms with E-state index in [1.54, 1.807) is 4.90 Å². The van der Waals surface area contributed by atoms with Crippen LogP contribution in [-0.2, 0) is 6.54 Å². The summed E-state index contributed by atoms with van der Waals surface area (Å²) in [5.74, 6) is 0.135. The van der Waals surface area contributed by atoms with Gasteiger partial charge < -0.3 is 16.4 Å². The first-order valence-electron chi connectivity index (χ1n) is 5.65. The van der Waals surface area contributed by atoms with Crippen LogP contribution in [-0.4, -0.2) is 29.1 Å². The molecule has 100 valence electrons. The first-order chi connectivity index (χ1) is 9.06. The predicted molar refractivity (Wildman–Crippen MR) is 74.1 cm³/mol. The van der Waals surface area contributed by atoms with E-state index >= 15 is 0 Å². The van der Waals surface area contributed by atoms with Crippen molar-refractivity contribution < 1.29 is 0 Å². The second-order valence-corrected chi connectivity index (χ2v) is 3.99. The molecule has 0 amide bonds. The maximum absolute atomic E-state index is 7.27. The van der Waals surface area contributed by atoms with Gasteiger partial charge in [0.05, 0.1) is 0 Å². The average molecular weight is 260 g/mol. The highest BCUT2D eigenvalue weighted by Crippen LogP contribution is 2.10. The molecule has 0 spiro atoms. The summed E-state index contributed by atoms with van der Waals surface area (Å²) in [6.07, 6.45) is -0.667. The SMILES string of the molecule is N=C(N)NC1=NC(N)=NC(N)N1Cc1ccccc1. The van der Waals surface area contributed by atoms with Crippen molar-refractivity contribution >= 4 is 17.9 Å². The lowest BCUT2D eigenvalue weighted by Crippen LogP contribution is -2.55. The van der Waals surface area contributed by atoms with E-state index in [9.17, 15) is 0 Å². The molecule has 19 heavy (non-hydrogen) atoms. The van der Waals surface area contributed by atoms with Gasteiger partial charge in [-0.1, -0.05) is 30.3 Å². The number of rotatable bonds is 2. The third kappa shape index (κ3) is 3.19. The van der Waals surface area contributed by atoms with Gasteiger partial charge in [-0.05, 0) is 5.56 Å². The Bertz CT molecular complexity index is 521. The number of nitrogens with zero attached hydrogens (tertiary/aromatic N) is 3. The van der Waals surface area contributed by atoms with E-state index in [1.165, 1.54) is 0 Å². The zero-order valence-corrected chi connectivity index (χ0v) is 10.2. The Hall–Kier alpha value is -2.61. The number of hydrogen-bond acceptors (Lipinski definition) is 6. The Morgan fingerprint density at radius 2 is 2.05 bits per heavy atom. The summed E-state index contributed by atoms with van der Waals surface area (Å²) in [5, 5.41) is 9.88. The molecule has 0 radical (unpaired) electrons. The minimum Gasteiger partial charge on any atom is -0.370 e. The largest absolute Gasteiger partial charge is 0.370 e. The zero-order chi connectivity index (χ0) is 13.8. The summed E-state index contributed by atoms with van der Waals surface area (Å²) in [7, 11) is 0. The van der Waals surface area contributed by atoms with Crippen molar-refractivity contribution in [2.24, 2.45) is 27.2 Å². The van der Waals surface area contributed by atoms with Crippen molar-refractivity contribution in [2.75, 3.05) is 0 Å². The standard InChI is InChI=1S/C11H16N8/c12-8(13)16-11-18-9(14)17-10(15)19(11)6-7-4-2-1-3-5-7/h1-5,10H,6,15H2,(H6,12,13,14,16,17,18). The normalized spacial score (nSPS) is 18.6. The van der Waals surface area contributed by atoms with Crippen molar-refractivity contribution in [3.05, 3.63) is 35.9 Å². The van der Waals surface area contributed by atoms with Crippen molar-refractivity contribution in [1.82, 2.24) is 10.2 Å². The minimum atomic E-state index is -0.667. The van der Waals surface area contributed by atoms with Crippen LogP contribution in [0.15, 0.2) is 40.3 Å². The lowest BCUT2D eigenvalue weighted by molar-refractivity contribution is 0.307. The van der Waals surface area contributed by atoms with Gasteiger partial charge in [-0.15, -0.1) is 0 Å². The number of benzene rings is 1. The van der Waals surface area contributed by atoms with E-state index in [0.29, 0.717) is 12.5 Å². The number of nitrogens with two attached hydrogens (primary N) is 3. The van der Waals surface area contributed by atoms with E-state index in [2.05, 4.69) is 15.3 Å². The number of nitrogens with one attached hydrogen (secondary N) is 2. The first-order valence-corrected chi connectivity index (χ1v) is 5.65. The summed E-state index contributed by atoms with van der Waals surface area (Å²) in [6.45, 7) is 0.484. The molecular formula is C11H16N8. The van der Waals surface area contributed by atoms with Crippen molar-refractivity contribution in [3.63, 3.8) is 0 Å². The molecule has 0 saturated heterocycles. The summed E-state index contributed by atoms with van der Waals surface area (Å²) in [6, 6.07) is 9.70. The Morgan fingerprint density at radius 3 is 2.68 bits per heavy atom. The Kier molecular flexibility index (Phi) is 3.62. The van der Waals surface area contributed by atoms with Gasteiger partial charge in [0.1, 0.15) is 0 Å².